The van der Waals surface area contributed by atoms with E-state index in [1.54, 1.807) is 42.6 Å². The average molecular weight is 265 g/mol. The van der Waals surface area contributed by atoms with Gasteiger partial charge in [-0.3, -0.25) is 14.6 Å². The number of hydrogen-bond donors (Lipinski definition) is 1. The Morgan fingerprint density at radius 1 is 1.05 bits per heavy atom. The van der Waals surface area contributed by atoms with Gasteiger partial charge in [0.2, 0.25) is 5.91 Å². The molecule has 1 aliphatic heterocycles. The lowest BCUT2D eigenvalue weighted by Crippen LogP contribution is -2.34. The summed E-state index contributed by atoms with van der Waals surface area (Å²) in [6.45, 7) is 0. The molecule has 1 amide bonds. The Bertz CT molecular complexity index is 695. The van der Waals surface area contributed by atoms with Crippen LogP contribution in [0.2, 0.25) is 0 Å². The normalized spacial score (nSPS) is 17.9. The van der Waals surface area contributed by atoms with E-state index in [2.05, 4.69) is 15.3 Å². The maximum Gasteiger partial charge on any atom is 0.240 e. The third-order valence-electron chi connectivity index (χ3n) is 3.03. The smallest absolute Gasteiger partial charge is 0.240 e. The van der Waals surface area contributed by atoms with Gasteiger partial charge in [-0.15, -0.1) is 0 Å². The highest BCUT2D eigenvalue weighted by Gasteiger charge is 2.32. The molecule has 0 bridgehead atoms. The Kier molecular flexibility index (Phi) is 3.09. The van der Waals surface area contributed by atoms with Crippen molar-refractivity contribution in [2.75, 3.05) is 5.32 Å². The Hall–Kier alpha value is -2.82. The molecule has 0 saturated heterocycles. The third-order valence-corrected chi connectivity index (χ3v) is 3.03. The number of aromatic nitrogens is 2. The standard InChI is InChI=1S/C15H11N3O2/c19-13-11-5-3-9-17-14(11)18-15(20)12(13)7-6-10-4-1-2-8-16-10/h1-9,12H,(H,17,18,20). The second-order valence-electron chi connectivity index (χ2n) is 4.34. The predicted octanol–water partition coefficient (Wildman–Crippen LogP) is 1.94. The van der Waals surface area contributed by atoms with Gasteiger partial charge in [-0.05, 0) is 30.3 Å². The van der Waals surface area contributed by atoms with Crippen LogP contribution in [-0.2, 0) is 4.79 Å². The van der Waals surface area contributed by atoms with Crippen molar-refractivity contribution in [1.82, 2.24) is 9.97 Å². The second kappa shape index (κ2) is 5.05. The summed E-state index contributed by atoms with van der Waals surface area (Å²) in [6, 6.07) is 8.78. The van der Waals surface area contributed by atoms with Gasteiger partial charge in [-0.1, -0.05) is 12.1 Å². The Morgan fingerprint density at radius 3 is 2.70 bits per heavy atom. The SMILES string of the molecule is O=C1Nc2ncccc2C(=O)C1C=Cc1ccccn1. The first-order valence-corrected chi connectivity index (χ1v) is 6.15. The van der Waals surface area contributed by atoms with Gasteiger partial charge in [0, 0.05) is 12.4 Å². The zero-order valence-electron chi connectivity index (χ0n) is 10.5. The first-order valence-electron chi connectivity index (χ1n) is 6.15. The number of nitrogens with zero attached hydrogens (tertiary/aromatic N) is 2. The molecule has 0 spiro atoms. The number of fused-ring (bicyclic) bond motifs is 1. The van der Waals surface area contributed by atoms with Crippen LogP contribution >= 0.6 is 0 Å². The molecule has 1 unspecified atom stereocenters. The van der Waals surface area contributed by atoms with Gasteiger partial charge in [0.05, 0.1) is 11.3 Å². The highest BCUT2D eigenvalue weighted by atomic mass is 16.2. The van der Waals surface area contributed by atoms with E-state index in [4.69, 9.17) is 0 Å². The molecule has 0 radical (unpaired) electrons. The summed E-state index contributed by atoms with van der Waals surface area (Å²) in [6.07, 6.45) is 6.43. The molecule has 3 rings (SSSR count). The van der Waals surface area contributed by atoms with Gasteiger partial charge in [0.1, 0.15) is 11.7 Å². The predicted molar refractivity (Wildman–Crippen MR) is 74.0 cm³/mol. The molecule has 0 saturated carbocycles. The summed E-state index contributed by atoms with van der Waals surface area (Å²) in [5, 5.41) is 2.63. The maximum atomic E-state index is 12.3. The fraction of sp³-hybridized carbons (Fsp3) is 0.0667. The molecule has 2 aromatic heterocycles. The van der Waals surface area contributed by atoms with E-state index in [-0.39, 0.29) is 11.7 Å². The highest BCUT2D eigenvalue weighted by Crippen LogP contribution is 2.24. The van der Waals surface area contributed by atoms with Crippen LogP contribution in [0, 0.1) is 5.92 Å². The van der Waals surface area contributed by atoms with Crippen LogP contribution in [0.15, 0.2) is 48.8 Å². The van der Waals surface area contributed by atoms with E-state index >= 15 is 0 Å². The molecule has 98 valence electrons. The van der Waals surface area contributed by atoms with Crippen LogP contribution in [0.1, 0.15) is 16.1 Å². The lowest BCUT2D eigenvalue weighted by atomic mass is 9.93. The van der Waals surface area contributed by atoms with Crippen molar-refractivity contribution >= 4 is 23.6 Å². The number of carbonyl (C=O) groups excluding carboxylic acids is 2. The maximum absolute atomic E-state index is 12.3. The molecule has 20 heavy (non-hydrogen) atoms. The van der Waals surface area contributed by atoms with Crippen LogP contribution < -0.4 is 5.32 Å². The van der Waals surface area contributed by atoms with Crippen molar-refractivity contribution in [3.05, 3.63) is 60.1 Å². The number of amides is 1. The fourth-order valence-electron chi connectivity index (χ4n) is 2.03. The molecule has 0 aromatic carbocycles. The quantitative estimate of drug-likeness (QED) is 0.842. The van der Waals surface area contributed by atoms with Gasteiger partial charge in [-0.2, -0.15) is 0 Å². The number of ketones is 1. The van der Waals surface area contributed by atoms with E-state index in [1.807, 2.05) is 6.07 Å². The van der Waals surface area contributed by atoms with Crippen molar-refractivity contribution < 1.29 is 9.59 Å². The van der Waals surface area contributed by atoms with Crippen molar-refractivity contribution in [3.8, 4) is 0 Å². The first kappa shape index (κ1) is 12.2. The lowest BCUT2D eigenvalue weighted by molar-refractivity contribution is -0.117. The summed E-state index contributed by atoms with van der Waals surface area (Å²) in [4.78, 5) is 32.3. The molecular weight excluding hydrogens is 254 g/mol. The average Bonchev–Trinajstić information content (AvgIpc) is 2.48. The zero-order chi connectivity index (χ0) is 13.9. The fourth-order valence-corrected chi connectivity index (χ4v) is 2.03. The number of pyridine rings is 2. The summed E-state index contributed by atoms with van der Waals surface area (Å²) in [5.74, 6) is -1.13. The molecule has 1 aliphatic rings. The van der Waals surface area contributed by atoms with Crippen LogP contribution in [0.4, 0.5) is 5.82 Å². The van der Waals surface area contributed by atoms with Gasteiger partial charge in [0.25, 0.3) is 0 Å². The summed E-state index contributed by atoms with van der Waals surface area (Å²) < 4.78 is 0. The van der Waals surface area contributed by atoms with Crippen LogP contribution in [0.25, 0.3) is 6.08 Å². The van der Waals surface area contributed by atoms with E-state index in [0.29, 0.717) is 17.1 Å². The molecule has 5 heteroatoms. The Labute approximate surface area is 115 Å². The van der Waals surface area contributed by atoms with Crippen LogP contribution in [0.3, 0.4) is 0 Å². The van der Waals surface area contributed by atoms with Crippen molar-refractivity contribution in [1.29, 1.82) is 0 Å². The van der Waals surface area contributed by atoms with Gasteiger partial charge in [-0.25, -0.2) is 4.98 Å². The van der Waals surface area contributed by atoms with E-state index in [9.17, 15) is 9.59 Å². The third kappa shape index (κ3) is 2.21. The number of Topliss-reactive ketones (excluding diaryl/α,β-unsaturated/α-hetero) is 1. The molecule has 2 aromatic rings. The molecule has 0 fully saturated rings. The minimum atomic E-state index is -0.839. The highest BCUT2D eigenvalue weighted by molar-refractivity contribution is 6.21. The molecule has 1 N–H and O–H groups in total. The number of rotatable bonds is 2. The molecule has 0 aliphatic carbocycles. The first-order chi connectivity index (χ1) is 9.75. The Balaban J connectivity index is 1.90. The number of nitrogens with one attached hydrogen (secondary N) is 1. The van der Waals surface area contributed by atoms with E-state index < -0.39 is 5.92 Å². The lowest BCUT2D eigenvalue weighted by Gasteiger charge is -2.19. The molecule has 1 atom stereocenters. The second-order valence-corrected chi connectivity index (χ2v) is 4.34. The summed E-state index contributed by atoms with van der Waals surface area (Å²) in [5.41, 5.74) is 1.13. The van der Waals surface area contributed by atoms with Gasteiger partial charge >= 0.3 is 0 Å². The van der Waals surface area contributed by atoms with Gasteiger partial charge < -0.3 is 5.32 Å². The van der Waals surface area contributed by atoms with Gasteiger partial charge in [0.15, 0.2) is 5.78 Å². The minimum absolute atomic E-state index is 0.246. The number of anilines is 1. The monoisotopic (exact) mass is 265 g/mol. The molecule has 3 heterocycles. The van der Waals surface area contributed by atoms with E-state index in [0.717, 1.165) is 0 Å². The molecular formula is C15H11N3O2. The zero-order valence-corrected chi connectivity index (χ0v) is 10.5. The van der Waals surface area contributed by atoms with Crippen molar-refractivity contribution in [3.63, 3.8) is 0 Å². The van der Waals surface area contributed by atoms with E-state index in [1.165, 1.54) is 6.20 Å². The van der Waals surface area contributed by atoms with Crippen molar-refractivity contribution in [2.24, 2.45) is 5.92 Å². The van der Waals surface area contributed by atoms with Crippen LogP contribution in [-0.4, -0.2) is 21.7 Å². The largest absolute Gasteiger partial charge is 0.309 e. The van der Waals surface area contributed by atoms with Crippen molar-refractivity contribution in [2.45, 2.75) is 0 Å². The molecule has 5 nitrogen and oxygen atoms in total. The minimum Gasteiger partial charge on any atom is -0.309 e. The number of carbonyl (C=O) groups is 2. The topological polar surface area (TPSA) is 72.0 Å². The summed E-state index contributed by atoms with van der Waals surface area (Å²) in [7, 11) is 0. The Morgan fingerprint density at radius 2 is 1.90 bits per heavy atom. The van der Waals surface area contributed by atoms with Crippen LogP contribution in [0.5, 0.6) is 0 Å². The number of hydrogen-bond acceptors (Lipinski definition) is 4. The summed E-state index contributed by atoms with van der Waals surface area (Å²) >= 11 is 0.